The van der Waals surface area contributed by atoms with Gasteiger partial charge in [0.15, 0.2) is 0 Å². The van der Waals surface area contributed by atoms with Gasteiger partial charge in [-0.15, -0.1) is 0 Å². The maximum Gasteiger partial charge on any atom is 0.0673 e. The molecule has 0 saturated carbocycles. The number of alkyl halides is 2. The van der Waals surface area contributed by atoms with Crippen LogP contribution in [0.2, 0.25) is 0 Å². The average molecular weight is 387 g/mol. The highest BCUT2D eigenvalue weighted by Gasteiger charge is 2.38. The molecule has 0 saturated heterocycles. The SMILES string of the molecule is CC(Br)CC1=NC(C(Br)c2ccccc2)CC1(C)C. The van der Waals surface area contributed by atoms with Gasteiger partial charge in [0.25, 0.3) is 0 Å². The number of aliphatic imine (C=N–C) groups is 1. The Morgan fingerprint density at radius 2 is 1.89 bits per heavy atom. The molecule has 3 unspecified atom stereocenters. The Morgan fingerprint density at radius 1 is 1.26 bits per heavy atom. The number of hydrogen-bond acceptors (Lipinski definition) is 1. The summed E-state index contributed by atoms with van der Waals surface area (Å²) < 4.78 is 0. The normalized spacial score (nSPS) is 24.9. The van der Waals surface area contributed by atoms with Gasteiger partial charge >= 0.3 is 0 Å². The standard InChI is InChI=1S/C16H21Br2N/c1-11(17)9-14-16(2,3)10-13(19-14)15(18)12-7-5-4-6-8-12/h4-8,11,13,15H,9-10H2,1-3H3. The minimum Gasteiger partial charge on any atom is -0.289 e. The van der Waals surface area contributed by atoms with Crippen LogP contribution in [0.25, 0.3) is 0 Å². The predicted octanol–water partition coefficient (Wildman–Crippen LogP) is 5.54. The second-order valence-electron chi connectivity index (χ2n) is 6.03. The molecule has 0 aliphatic carbocycles. The lowest BCUT2D eigenvalue weighted by atomic mass is 9.82. The fourth-order valence-corrected chi connectivity index (χ4v) is 3.60. The molecule has 0 radical (unpaired) electrons. The second kappa shape index (κ2) is 6.09. The first-order valence-electron chi connectivity index (χ1n) is 6.80. The third-order valence-corrected chi connectivity index (χ3v) is 5.22. The van der Waals surface area contributed by atoms with E-state index in [9.17, 15) is 0 Å². The molecule has 3 heteroatoms. The number of rotatable bonds is 4. The van der Waals surface area contributed by atoms with Crippen LogP contribution in [0.1, 0.15) is 44.0 Å². The Morgan fingerprint density at radius 3 is 2.47 bits per heavy atom. The van der Waals surface area contributed by atoms with Crippen LogP contribution in [0.3, 0.4) is 0 Å². The number of benzene rings is 1. The average Bonchev–Trinajstić information content (AvgIpc) is 2.64. The minimum absolute atomic E-state index is 0.216. The molecule has 104 valence electrons. The van der Waals surface area contributed by atoms with Gasteiger partial charge in [-0.1, -0.05) is 83.0 Å². The highest BCUT2D eigenvalue weighted by atomic mass is 79.9. The van der Waals surface area contributed by atoms with E-state index >= 15 is 0 Å². The molecule has 0 spiro atoms. The molecular formula is C16H21Br2N. The Hall–Kier alpha value is -0.150. The molecule has 0 fully saturated rings. The molecule has 1 heterocycles. The van der Waals surface area contributed by atoms with Crippen LogP contribution in [0.4, 0.5) is 0 Å². The van der Waals surface area contributed by atoms with E-state index in [1.807, 2.05) is 0 Å². The fraction of sp³-hybridized carbons (Fsp3) is 0.562. The van der Waals surface area contributed by atoms with E-state index in [2.05, 4.69) is 83.0 Å². The summed E-state index contributed by atoms with van der Waals surface area (Å²) in [6.07, 6.45) is 2.16. The van der Waals surface area contributed by atoms with Crippen LogP contribution >= 0.6 is 31.9 Å². The van der Waals surface area contributed by atoms with Crippen molar-refractivity contribution in [1.29, 1.82) is 0 Å². The monoisotopic (exact) mass is 385 g/mol. The number of halogens is 2. The summed E-state index contributed by atoms with van der Waals surface area (Å²) in [5, 5.41) is 0. The van der Waals surface area contributed by atoms with Crippen molar-refractivity contribution >= 4 is 37.6 Å². The Kier molecular flexibility index (Phi) is 4.88. The van der Waals surface area contributed by atoms with Crippen molar-refractivity contribution in [3.63, 3.8) is 0 Å². The van der Waals surface area contributed by atoms with E-state index in [1.165, 1.54) is 11.3 Å². The van der Waals surface area contributed by atoms with E-state index in [-0.39, 0.29) is 5.41 Å². The molecule has 19 heavy (non-hydrogen) atoms. The molecule has 0 amide bonds. The Labute approximate surface area is 133 Å². The molecule has 1 aliphatic rings. The maximum atomic E-state index is 5.00. The first-order valence-corrected chi connectivity index (χ1v) is 8.63. The quantitative estimate of drug-likeness (QED) is 0.602. The van der Waals surface area contributed by atoms with Crippen LogP contribution in [0, 0.1) is 5.41 Å². The highest BCUT2D eigenvalue weighted by Crippen LogP contribution is 2.42. The van der Waals surface area contributed by atoms with E-state index in [1.54, 1.807) is 0 Å². The molecule has 1 nitrogen and oxygen atoms in total. The third-order valence-electron chi connectivity index (χ3n) is 3.75. The lowest BCUT2D eigenvalue weighted by Gasteiger charge is -2.23. The van der Waals surface area contributed by atoms with Crippen LogP contribution in [-0.4, -0.2) is 16.6 Å². The molecule has 3 atom stereocenters. The molecule has 1 aromatic rings. The van der Waals surface area contributed by atoms with Crippen LogP contribution in [-0.2, 0) is 0 Å². The topological polar surface area (TPSA) is 12.4 Å². The summed E-state index contributed by atoms with van der Waals surface area (Å²) in [5.74, 6) is 0. The Bertz CT molecular complexity index is 451. The minimum atomic E-state index is 0.216. The summed E-state index contributed by atoms with van der Waals surface area (Å²) in [6, 6.07) is 10.9. The molecule has 0 aromatic heterocycles. The summed E-state index contributed by atoms with van der Waals surface area (Å²) in [6.45, 7) is 6.81. The van der Waals surface area contributed by atoms with Crippen molar-refractivity contribution in [2.45, 2.75) is 49.3 Å². The molecule has 1 aromatic carbocycles. The maximum absolute atomic E-state index is 5.00. The van der Waals surface area contributed by atoms with Gasteiger partial charge in [0, 0.05) is 16.0 Å². The van der Waals surface area contributed by atoms with Gasteiger partial charge in [-0.3, -0.25) is 4.99 Å². The first-order chi connectivity index (χ1) is 8.90. The lowest BCUT2D eigenvalue weighted by Crippen LogP contribution is -2.23. The Balaban J connectivity index is 2.17. The van der Waals surface area contributed by atoms with Crippen LogP contribution in [0.5, 0.6) is 0 Å². The summed E-state index contributed by atoms with van der Waals surface area (Å²) in [5.41, 5.74) is 2.88. The van der Waals surface area contributed by atoms with Crippen LogP contribution < -0.4 is 0 Å². The smallest absolute Gasteiger partial charge is 0.0673 e. The van der Waals surface area contributed by atoms with Crippen molar-refractivity contribution in [3.05, 3.63) is 35.9 Å². The second-order valence-corrected chi connectivity index (χ2v) is 8.58. The molecule has 2 rings (SSSR count). The van der Waals surface area contributed by atoms with Crippen molar-refractivity contribution in [2.24, 2.45) is 10.4 Å². The number of nitrogens with zero attached hydrogens (tertiary/aromatic N) is 1. The highest BCUT2D eigenvalue weighted by molar-refractivity contribution is 9.09. The third kappa shape index (κ3) is 3.69. The van der Waals surface area contributed by atoms with E-state index in [0.717, 1.165) is 12.8 Å². The van der Waals surface area contributed by atoms with Crippen molar-refractivity contribution in [2.75, 3.05) is 0 Å². The summed E-state index contributed by atoms with van der Waals surface area (Å²) in [4.78, 5) is 5.81. The van der Waals surface area contributed by atoms with E-state index in [0.29, 0.717) is 15.7 Å². The van der Waals surface area contributed by atoms with Gasteiger partial charge in [0.2, 0.25) is 0 Å². The van der Waals surface area contributed by atoms with Gasteiger partial charge in [0.05, 0.1) is 10.9 Å². The van der Waals surface area contributed by atoms with E-state index < -0.39 is 0 Å². The molecule has 1 aliphatic heterocycles. The summed E-state index contributed by atoms with van der Waals surface area (Å²) in [7, 11) is 0. The van der Waals surface area contributed by atoms with Crippen molar-refractivity contribution in [3.8, 4) is 0 Å². The van der Waals surface area contributed by atoms with Crippen LogP contribution in [0.15, 0.2) is 35.3 Å². The summed E-state index contributed by atoms with van der Waals surface area (Å²) >= 11 is 7.48. The zero-order valence-electron chi connectivity index (χ0n) is 11.7. The van der Waals surface area contributed by atoms with Gasteiger partial charge in [-0.25, -0.2) is 0 Å². The first kappa shape index (κ1) is 15.2. The van der Waals surface area contributed by atoms with E-state index in [4.69, 9.17) is 4.99 Å². The van der Waals surface area contributed by atoms with Gasteiger partial charge in [-0.2, -0.15) is 0 Å². The van der Waals surface area contributed by atoms with Crippen molar-refractivity contribution < 1.29 is 0 Å². The zero-order valence-corrected chi connectivity index (χ0v) is 14.9. The number of hydrogen-bond donors (Lipinski definition) is 0. The van der Waals surface area contributed by atoms with Gasteiger partial charge in [0.1, 0.15) is 0 Å². The predicted molar refractivity (Wildman–Crippen MR) is 90.7 cm³/mol. The van der Waals surface area contributed by atoms with Gasteiger partial charge in [-0.05, 0) is 18.4 Å². The largest absolute Gasteiger partial charge is 0.289 e. The molecular weight excluding hydrogens is 366 g/mol. The van der Waals surface area contributed by atoms with Crippen molar-refractivity contribution in [1.82, 2.24) is 0 Å². The molecule has 0 bridgehead atoms. The fourth-order valence-electron chi connectivity index (χ4n) is 2.68. The van der Waals surface area contributed by atoms with Gasteiger partial charge < -0.3 is 0 Å². The lowest BCUT2D eigenvalue weighted by molar-refractivity contribution is 0.454. The molecule has 0 N–H and O–H groups in total. The zero-order chi connectivity index (χ0) is 14.0.